The first kappa shape index (κ1) is 15.4. The summed E-state index contributed by atoms with van der Waals surface area (Å²) in [5.41, 5.74) is 6.15. The zero-order chi connectivity index (χ0) is 15.4. The van der Waals surface area contributed by atoms with E-state index in [0.29, 0.717) is 0 Å². The summed E-state index contributed by atoms with van der Waals surface area (Å²) in [5.74, 6) is 0.977. The van der Waals surface area contributed by atoms with E-state index in [1.165, 1.54) is 27.9 Å². The third kappa shape index (κ3) is 4.25. The number of hydrogen-bond donors (Lipinski definition) is 1. The van der Waals surface area contributed by atoms with Gasteiger partial charge in [-0.05, 0) is 63.4 Å². The van der Waals surface area contributed by atoms with E-state index in [2.05, 4.69) is 76.3 Å². The molecule has 0 spiro atoms. The number of aryl methyl sites for hydroxylation is 4. The Morgan fingerprint density at radius 2 is 1.57 bits per heavy atom. The summed E-state index contributed by atoms with van der Waals surface area (Å²) in [4.78, 5) is 0. The maximum absolute atomic E-state index is 6.05. The largest absolute Gasteiger partial charge is 0.489 e. The Hall–Kier alpha value is -1.96. The highest BCUT2D eigenvalue weighted by atomic mass is 16.5. The van der Waals surface area contributed by atoms with Crippen LogP contribution in [0.25, 0.3) is 0 Å². The number of benzene rings is 2. The first-order valence-electron chi connectivity index (χ1n) is 7.51. The lowest BCUT2D eigenvalue weighted by atomic mass is 10.1. The molecular formula is C19H25NO. The molecule has 21 heavy (non-hydrogen) atoms. The first-order valence-corrected chi connectivity index (χ1v) is 7.51. The van der Waals surface area contributed by atoms with Crippen LogP contribution in [0.4, 0.5) is 5.69 Å². The molecule has 0 fully saturated rings. The highest BCUT2D eigenvalue weighted by Gasteiger charge is 2.07. The summed E-state index contributed by atoms with van der Waals surface area (Å²) < 4.78 is 6.05. The van der Waals surface area contributed by atoms with Crippen LogP contribution in [-0.4, -0.2) is 12.6 Å². The van der Waals surface area contributed by atoms with Gasteiger partial charge in [0.05, 0.1) is 6.54 Å². The van der Waals surface area contributed by atoms with Crippen molar-refractivity contribution in [3.05, 3.63) is 58.7 Å². The summed E-state index contributed by atoms with van der Waals surface area (Å²) in [5, 5.41) is 3.47. The minimum absolute atomic E-state index is 0.117. The average Bonchev–Trinajstić information content (AvgIpc) is 2.42. The van der Waals surface area contributed by atoms with Gasteiger partial charge >= 0.3 is 0 Å². The molecule has 112 valence electrons. The molecule has 0 aromatic heterocycles. The van der Waals surface area contributed by atoms with Gasteiger partial charge in [0.25, 0.3) is 0 Å². The fourth-order valence-corrected chi connectivity index (χ4v) is 2.36. The van der Waals surface area contributed by atoms with Crippen molar-refractivity contribution in [3.8, 4) is 5.75 Å². The van der Waals surface area contributed by atoms with Crippen molar-refractivity contribution < 1.29 is 4.74 Å². The van der Waals surface area contributed by atoms with Crippen molar-refractivity contribution in [3.63, 3.8) is 0 Å². The molecule has 1 unspecified atom stereocenters. The Kier molecular flexibility index (Phi) is 4.89. The maximum atomic E-state index is 6.05. The van der Waals surface area contributed by atoms with Crippen LogP contribution < -0.4 is 10.1 Å². The van der Waals surface area contributed by atoms with E-state index in [1.807, 2.05) is 0 Å². The minimum atomic E-state index is 0.117. The SMILES string of the molecule is Cc1ccc(NCC(C)Oc2cc(C)ccc2C)c(C)c1. The maximum Gasteiger partial charge on any atom is 0.122 e. The number of ether oxygens (including phenoxy) is 1. The van der Waals surface area contributed by atoms with E-state index < -0.39 is 0 Å². The predicted octanol–water partition coefficient (Wildman–Crippen LogP) is 4.80. The zero-order valence-corrected chi connectivity index (χ0v) is 13.7. The molecule has 2 nitrogen and oxygen atoms in total. The van der Waals surface area contributed by atoms with Crippen LogP contribution in [-0.2, 0) is 0 Å². The molecule has 0 saturated carbocycles. The Morgan fingerprint density at radius 1 is 0.905 bits per heavy atom. The quantitative estimate of drug-likeness (QED) is 0.851. The summed E-state index contributed by atoms with van der Waals surface area (Å²) in [6, 6.07) is 12.8. The van der Waals surface area contributed by atoms with Crippen LogP contribution in [0.15, 0.2) is 36.4 Å². The smallest absolute Gasteiger partial charge is 0.122 e. The first-order chi connectivity index (χ1) is 9.95. The van der Waals surface area contributed by atoms with E-state index in [9.17, 15) is 0 Å². The van der Waals surface area contributed by atoms with Crippen molar-refractivity contribution in [2.75, 3.05) is 11.9 Å². The molecule has 0 aliphatic carbocycles. The molecule has 0 bridgehead atoms. The Bertz CT molecular complexity index is 619. The second-order valence-corrected chi connectivity index (χ2v) is 5.90. The van der Waals surface area contributed by atoms with E-state index in [-0.39, 0.29) is 6.10 Å². The molecule has 0 aliphatic rings. The normalized spacial score (nSPS) is 12.0. The number of nitrogens with one attached hydrogen (secondary N) is 1. The molecule has 2 heteroatoms. The fraction of sp³-hybridized carbons (Fsp3) is 0.368. The molecule has 0 radical (unpaired) electrons. The Labute approximate surface area is 128 Å². The van der Waals surface area contributed by atoms with Crippen LogP contribution >= 0.6 is 0 Å². The third-order valence-corrected chi connectivity index (χ3v) is 3.63. The van der Waals surface area contributed by atoms with E-state index >= 15 is 0 Å². The van der Waals surface area contributed by atoms with Crippen molar-refractivity contribution >= 4 is 5.69 Å². The predicted molar refractivity (Wildman–Crippen MR) is 90.4 cm³/mol. The molecule has 1 atom stereocenters. The second kappa shape index (κ2) is 6.66. The average molecular weight is 283 g/mol. The third-order valence-electron chi connectivity index (χ3n) is 3.63. The van der Waals surface area contributed by atoms with Gasteiger partial charge in [0.15, 0.2) is 0 Å². The van der Waals surface area contributed by atoms with Gasteiger partial charge in [-0.2, -0.15) is 0 Å². The molecule has 2 rings (SSSR count). The summed E-state index contributed by atoms with van der Waals surface area (Å²) >= 11 is 0. The van der Waals surface area contributed by atoms with E-state index in [0.717, 1.165) is 12.3 Å². The lowest BCUT2D eigenvalue weighted by Gasteiger charge is -2.19. The molecular weight excluding hydrogens is 258 g/mol. The molecule has 0 saturated heterocycles. The summed E-state index contributed by atoms with van der Waals surface area (Å²) in [6.45, 7) is 11.3. The number of rotatable bonds is 5. The van der Waals surface area contributed by atoms with Gasteiger partial charge in [0, 0.05) is 5.69 Å². The van der Waals surface area contributed by atoms with Crippen LogP contribution in [0.3, 0.4) is 0 Å². The van der Waals surface area contributed by atoms with Gasteiger partial charge in [-0.15, -0.1) is 0 Å². The topological polar surface area (TPSA) is 21.3 Å². The lowest BCUT2D eigenvalue weighted by molar-refractivity contribution is 0.233. The van der Waals surface area contributed by atoms with Gasteiger partial charge in [-0.25, -0.2) is 0 Å². The molecule has 1 N–H and O–H groups in total. The van der Waals surface area contributed by atoms with E-state index in [4.69, 9.17) is 4.74 Å². The van der Waals surface area contributed by atoms with Gasteiger partial charge in [-0.3, -0.25) is 0 Å². The molecule has 2 aromatic carbocycles. The van der Waals surface area contributed by atoms with Crippen LogP contribution in [0.1, 0.15) is 29.2 Å². The van der Waals surface area contributed by atoms with Gasteiger partial charge in [-0.1, -0.05) is 29.8 Å². The van der Waals surface area contributed by atoms with Gasteiger partial charge < -0.3 is 10.1 Å². The molecule has 0 aliphatic heterocycles. The summed E-state index contributed by atoms with van der Waals surface area (Å²) in [7, 11) is 0. The lowest BCUT2D eigenvalue weighted by Crippen LogP contribution is -2.23. The molecule has 0 amide bonds. The zero-order valence-electron chi connectivity index (χ0n) is 13.7. The van der Waals surface area contributed by atoms with Gasteiger partial charge in [0.2, 0.25) is 0 Å². The Balaban J connectivity index is 1.95. The van der Waals surface area contributed by atoms with Crippen molar-refractivity contribution in [2.24, 2.45) is 0 Å². The Morgan fingerprint density at radius 3 is 2.29 bits per heavy atom. The molecule has 2 aromatic rings. The summed E-state index contributed by atoms with van der Waals surface area (Å²) in [6.07, 6.45) is 0.117. The van der Waals surface area contributed by atoms with Crippen LogP contribution in [0.5, 0.6) is 5.75 Å². The monoisotopic (exact) mass is 283 g/mol. The standard InChI is InChI=1S/C19H25NO/c1-13-7-9-18(16(4)10-13)20-12-17(5)21-19-11-14(2)6-8-15(19)3/h6-11,17,20H,12H2,1-5H3. The number of anilines is 1. The van der Waals surface area contributed by atoms with Crippen molar-refractivity contribution in [2.45, 2.75) is 40.7 Å². The minimum Gasteiger partial charge on any atom is -0.489 e. The van der Waals surface area contributed by atoms with Crippen LogP contribution in [0.2, 0.25) is 0 Å². The number of hydrogen-bond acceptors (Lipinski definition) is 2. The highest BCUT2D eigenvalue weighted by molar-refractivity contribution is 5.52. The molecule has 0 heterocycles. The van der Waals surface area contributed by atoms with Crippen molar-refractivity contribution in [1.82, 2.24) is 0 Å². The highest BCUT2D eigenvalue weighted by Crippen LogP contribution is 2.21. The van der Waals surface area contributed by atoms with Crippen molar-refractivity contribution in [1.29, 1.82) is 0 Å². The van der Waals surface area contributed by atoms with E-state index in [1.54, 1.807) is 0 Å². The van der Waals surface area contributed by atoms with Gasteiger partial charge in [0.1, 0.15) is 11.9 Å². The van der Waals surface area contributed by atoms with Crippen LogP contribution in [0, 0.1) is 27.7 Å². The fourth-order valence-electron chi connectivity index (χ4n) is 2.36. The second-order valence-electron chi connectivity index (χ2n) is 5.90.